The number of nitrogens with zero attached hydrogens (tertiary/aromatic N) is 3. The summed E-state index contributed by atoms with van der Waals surface area (Å²) in [6.45, 7) is 8.69. The molecule has 29 heavy (non-hydrogen) atoms. The van der Waals surface area contributed by atoms with Crippen LogP contribution in [0.25, 0.3) is 10.9 Å². The molecule has 2 aliphatic carbocycles. The molecule has 4 aliphatic rings. The van der Waals surface area contributed by atoms with Gasteiger partial charge in [-0.05, 0) is 75.3 Å². The minimum atomic E-state index is -0.869. The number of hydrogen-bond donors (Lipinski definition) is 0. The lowest BCUT2D eigenvalue weighted by Gasteiger charge is -2.56. The number of hydrogen-bond acceptors (Lipinski definition) is 2. The third-order valence-electron chi connectivity index (χ3n) is 8.09. The van der Waals surface area contributed by atoms with Crippen molar-refractivity contribution in [1.82, 2.24) is 14.7 Å². The second-order valence-corrected chi connectivity index (χ2v) is 11.2. The maximum Gasteiger partial charge on any atom is 0.234 e. The highest BCUT2D eigenvalue weighted by atomic mass is 19.1. The number of piperidine rings is 1. The highest BCUT2D eigenvalue weighted by Crippen LogP contribution is 2.59. The Morgan fingerprint density at radius 2 is 1.86 bits per heavy atom. The average molecular weight is 398 g/mol. The van der Waals surface area contributed by atoms with Crippen molar-refractivity contribution in [2.75, 3.05) is 0 Å². The van der Waals surface area contributed by atoms with Gasteiger partial charge in [-0.25, -0.2) is 4.39 Å². The Hall–Kier alpha value is -1.91. The number of fused-ring (bicyclic) bond motifs is 2. The Kier molecular flexibility index (Phi) is 3.83. The summed E-state index contributed by atoms with van der Waals surface area (Å²) in [7, 11) is 1.82. The number of aromatic nitrogens is 2. The van der Waals surface area contributed by atoms with Crippen LogP contribution in [-0.2, 0) is 17.3 Å². The monoisotopic (exact) mass is 397 g/mol. The van der Waals surface area contributed by atoms with Gasteiger partial charge in [-0.1, -0.05) is 19.9 Å². The largest absolute Gasteiger partial charge is 0.336 e. The van der Waals surface area contributed by atoms with Crippen LogP contribution < -0.4 is 0 Å². The SMILES string of the molecule is Cn1nc(C(C)(C)C(=O)N2C3CCC4(C)CC2CC(C)(C3)C4)c2c(F)cccc21. The molecule has 1 amide bonds. The summed E-state index contributed by atoms with van der Waals surface area (Å²) in [5.41, 5.74) is 1.12. The van der Waals surface area contributed by atoms with Crippen molar-refractivity contribution in [2.24, 2.45) is 17.9 Å². The summed E-state index contributed by atoms with van der Waals surface area (Å²) >= 11 is 0. The zero-order chi connectivity index (χ0) is 20.8. The van der Waals surface area contributed by atoms with E-state index in [4.69, 9.17) is 0 Å². The second-order valence-electron chi connectivity index (χ2n) is 11.2. The number of carbonyl (C=O) groups excluding carboxylic acids is 1. The highest BCUT2D eigenvalue weighted by Gasteiger charge is 2.56. The number of rotatable bonds is 2. The van der Waals surface area contributed by atoms with Crippen molar-refractivity contribution < 1.29 is 9.18 Å². The smallest absolute Gasteiger partial charge is 0.234 e. The Labute approximate surface area is 172 Å². The first kappa shape index (κ1) is 19.1. The van der Waals surface area contributed by atoms with Crippen LogP contribution >= 0.6 is 0 Å². The predicted octanol–water partition coefficient (Wildman–Crippen LogP) is 4.95. The fourth-order valence-electron chi connectivity index (χ4n) is 7.11. The van der Waals surface area contributed by atoms with Gasteiger partial charge in [-0.3, -0.25) is 9.48 Å². The molecule has 6 rings (SSSR count). The van der Waals surface area contributed by atoms with Crippen molar-refractivity contribution in [1.29, 1.82) is 0 Å². The first-order valence-corrected chi connectivity index (χ1v) is 11.0. The van der Waals surface area contributed by atoms with Gasteiger partial charge in [-0.2, -0.15) is 5.10 Å². The van der Waals surface area contributed by atoms with Gasteiger partial charge in [-0.15, -0.1) is 0 Å². The highest BCUT2D eigenvalue weighted by molar-refractivity contribution is 5.94. The van der Waals surface area contributed by atoms with Crippen molar-refractivity contribution in [3.63, 3.8) is 0 Å². The van der Waals surface area contributed by atoms with Gasteiger partial charge in [0.05, 0.1) is 22.0 Å². The van der Waals surface area contributed by atoms with Crippen LogP contribution in [0.5, 0.6) is 0 Å². The van der Waals surface area contributed by atoms with Crippen LogP contribution in [0.2, 0.25) is 0 Å². The molecule has 156 valence electrons. The summed E-state index contributed by atoms with van der Waals surface area (Å²) in [6.07, 6.45) is 6.86. The van der Waals surface area contributed by atoms with Gasteiger partial charge >= 0.3 is 0 Å². The first-order chi connectivity index (χ1) is 13.5. The molecule has 4 fully saturated rings. The van der Waals surface area contributed by atoms with Gasteiger partial charge < -0.3 is 4.90 Å². The molecule has 2 saturated carbocycles. The lowest BCUT2D eigenvalue weighted by Crippen LogP contribution is -2.60. The van der Waals surface area contributed by atoms with Crippen LogP contribution in [0.4, 0.5) is 4.39 Å². The third-order valence-corrected chi connectivity index (χ3v) is 8.09. The van der Waals surface area contributed by atoms with E-state index in [1.165, 1.54) is 18.9 Å². The molecule has 2 aliphatic heterocycles. The fraction of sp³-hybridized carbons (Fsp3) is 0.667. The maximum absolute atomic E-state index is 14.8. The molecule has 0 N–H and O–H groups in total. The van der Waals surface area contributed by atoms with Crippen LogP contribution in [-0.4, -0.2) is 32.7 Å². The van der Waals surface area contributed by atoms with E-state index < -0.39 is 5.41 Å². The molecule has 2 aromatic rings. The molecule has 4 bridgehead atoms. The molecule has 1 aromatic carbocycles. The first-order valence-electron chi connectivity index (χ1n) is 11.0. The molecular formula is C24H32FN3O. The molecule has 4 unspecified atom stereocenters. The lowest BCUT2D eigenvalue weighted by molar-refractivity contribution is -0.150. The van der Waals surface area contributed by atoms with Crippen LogP contribution in [0.3, 0.4) is 0 Å². The standard InChI is InChI=1S/C24H32FN3O/c1-22(2,20-19-17(25)7-6-8-18(19)27(5)26-20)21(29)28-15-9-10-23(3)12-16(28)13-24(4,11-15)14-23/h6-8,15-16H,9-14H2,1-5H3. The van der Waals surface area contributed by atoms with Gasteiger partial charge in [0.15, 0.2) is 0 Å². The summed E-state index contributed by atoms with van der Waals surface area (Å²) in [4.78, 5) is 16.2. The summed E-state index contributed by atoms with van der Waals surface area (Å²) in [5.74, 6) is -0.187. The van der Waals surface area contributed by atoms with E-state index in [2.05, 4.69) is 23.8 Å². The molecule has 4 nitrogen and oxygen atoms in total. The van der Waals surface area contributed by atoms with Crippen molar-refractivity contribution in [3.8, 4) is 0 Å². The van der Waals surface area contributed by atoms with E-state index >= 15 is 0 Å². The van der Waals surface area contributed by atoms with Crippen LogP contribution in [0, 0.1) is 16.6 Å². The molecule has 0 spiro atoms. The Morgan fingerprint density at radius 3 is 2.62 bits per heavy atom. The van der Waals surface area contributed by atoms with Crippen LogP contribution in [0.1, 0.15) is 71.9 Å². The Morgan fingerprint density at radius 1 is 1.17 bits per heavy atom. The van der Waals surface area contributed by atoms with E-state index in [0.29, 0.717) is 34.0 Å². The maximum atomic E-state index is 14.8. The number of amides is 1. The van der Waals surface area contributed by atoms with E-state index in [1.54, 1.807) is 10.7 Å². The number of benzene rings is 1. The quantitative estimate of drug-likeness (QED) is 0.719. The third kappa shape index (κ3) is 2.69. The van der Waals surface area contributed by atoms with E-state index in [-0.39, 0.29) is 11.7 Å². The Balaban J connectivity index is 1.58. The van der Waals surface area contributed by atoms with E-state index in [0.717, 1.165) is 31.2 Å². The summed E-state index contributed by atoms with van der Waals surface area (Å²) in [5, 5.41) is 5.12. The van der Waals surface area contributed by atoms with Crippen molar-refractivity contribution in [3.05, 3.63) is 29.7 Å². The molecule has 1 aromatic heterocycles. The van der Waals surface area contributed by atoms with Gasteiger partial charge in [0, 0.05) is 19.1 Å². The van der Waals surface area contributed by atoms with Gasteiger partial charge in [0.25, 0.3) is 0 Å². The predicted molar refractivity (Wildman–Crippen MR) is 112 cm³/mol. The average Bonchev–Trinajstić information content (AvgIpc) is 2.88. The number of carbonyl (C=O) groups is 1. The zero-order valence-corrected chi connectivity index (χ0v) is 18.3. The lowest BCUT2D eigenvalue weighted by atomic mass is 9.59. The molecule has 0 radical (unpaired) electrons. The number of aryl methyl sites for hydroxylation is 1. The topological polar surface area (TPSA) is 38.1 Å². The minimum absolute atomic E-state index is 0.115. The molecular weight excluding hydrogens is 365 g/mol. The van der Waals surface area contributed by atoms with Gasteiger partial charge in [0.2, 0.25) is 5.91 Å². The van der Waals surface area contributed by atoms with E-state index in [9.17, 15) is 9.18 Å². The molecule has 2 saturated heterocycles. The second kappa shape index (κ2) is 5.83. The summed E-state index contributed by atoms with van der Waals surface area (Å²) < 4.78 is 16.5. The van der Waals surface area contributed by atoms with Crippen LogP contribution in [0.15, 0.2) is 18.2 Å². The zero-order valence-electron chi connectivity index (χ0n) is 18.3. The van der Waals surface area contributed by atoms with Crippen molar-refractivity contribution in [2.45, 2.75) is 83.7 Å². The van der Waals surface area contributed by atoms with Crippen molar-refractivity contribution >= 4 is 16.8 Å². The molecule has 4 atom stereocenters. The summed E-state index contributed by atoms with van der Waals surface area (Å²) in [6, 6.07) is 5.63. The number of halogens is 1. The van der Waals surface area contributed by atoms with Gasteiger partial charge in [0.1, 0.15) is 5.82 Å². The molecule has 3 heterocycles. The fourth-order valence-corrected chi connectivity index (χ4v) is 7.11. The minimum Gasteiger partial charge on any atom is -0.336 e. The van der Waals surface area contributed by atoms with E-state index in [1.807, 2.05) is 27.0 Å². The molecule has 5 heteroatoms. The normalized spacial score (nSPS) is 34.1. The Bertz CT molecular complexity index is 1000.